The Bertz CT molecular complexity index is 795. The van der Waals surface area contributed by atoms with E-state index in [2.05, 4.69) is 4.57 Å². The van der Waals surface area contributed by atoms with Crippen molar-refractivity contribution in [2.45, 2.75) is 25.4 Å². The number of amides is 1. The number of benzene rings is 1. The van der Waals surface area contributed by atoms with Crippen LogP contribution in [-0.2, 0) is 21.2 Å². The highest BCUT2D eigenvalue weighted by atomic mass is 32.2. The maximum absolute atomic E-state index is 12.3. The Hall–Kier alpha value is -1.82. The predicted octanol–water partition coefficient (Wildman–Crippen LogP) is 1.68. The molecule has 1 aliphatic rings. The molecule has 6 heteroatoms. The summed E-state index contributed by atoms with van der Waals surface area (Å²) in [5, 5.41) is 1.16. The Morgan fingerprint density at radius 3 is 2.82 bits per heavy atom. The van der Waals surface area contributed by atoms with Gasteiger partial charge in [-0.15, -0.1) is 0 Å². The summed E-state index contributed by atoms with van der Waals surface area (Å²) in [7, 11) is -1.25. The second-order valence-electron chi connectivity index (χ2n) is 5.88. The van der Waals surface area contributed by atoms with Crippen LogP contribution in [0, 0.1) is 0 Å². The van der Waals surface area contributed by atoms with Crippen molar-refractivity contribution in [3.8, 4) is 0 Å². The van der Waals surface area contributed by atoms with Crippen LogP contribution in [0.5, 0.6) is 0 Å². The molecule has 0 unspecified atom stereocenters. The SMILES string of the molecule is CN(C(=O)CCn1ccc2ccccc21)[C@@H]1CCS(=O)(=O)C1. The van der Waals surface area contributed by atoms with E-state index in [1.165, 1.54) is 0 Å². The monoisotopic (exact) mass is 320 g/mol. The van der Waals surface area contributed by atoms with E-state index in [0.717, 1.165) is 10.9 Å². The number of para-hydroxylation sites is 1. The van der Waals surface area contributed by atoms with Crippen LogP contribution >= 0.6 is 0 Å². The van der Waals surface area contributed by atoms with Crippen molar-refractivity contribution in [3.05, 3.63) is 36.5 Å². The molecule has 0 spiro atoms. The molecular weight excluding hydrogens is 300 g/mol. The molecule has 2 aromatic rings. The van der Waals surface area contributed by atoms with Gasteiger partial charge in [-0.1, -0.05) is 18.2 Å². The van der Waals surface area contributed by atoms with E-state index in [-0.39, 0.29) is 23.5 Å². The van der Waals surface area contributed by atoms with Gasteiger partial charge in [-0.3, -0.25) is 4.79 Å². The predicted molar refractivity (Wildman–Crippen MR) is 86.4 cm³/mol. The average molecular weight is 320 g/mol. The number of carbonyl (C=O) groups is 1. The zero-order chi connectivity index (χ0) is 15.7. The third kappa shape index (κ3) is 3.02. The van der Waals surface area contributed by atoms with E-state index in [0.29, 0.717) is 19.4 Å². The number of fused-ring (bicyclic) bond motifs is 1. The Balaban J connectivity index is 1.63. The summed E-state index contributed by atoms with van der Waals surface area (Å²) >= 11 is 0. The van der Waals surface area contributed by atoms with Gasteiger partial charge in [0.1, 0.15) is 0 Å². The van der Waals surface area contributed by atoms with Crippen LogP contribution in [0.2, 0.25) is 0 Å². The van der Waals surface area contributed by atoms with Crippen molar-refractivity contribution in [2.24, 2.45) is 0 Å². The summed E-state index contributed by atoms with van der Waals surface area (Å²) in [5.74, 6) is 0.291. The summed E-state index contributed by atoms with van der Waals surface area (Å²) in [6.45, 7) is 0.607. The van der Waals surface area contributed by atoms with E-state index in [1.807, 2.05) is 36.5 Å². The minimum atomic E-state index is -2.96. The summed E-state index contributed by atoms with van der Waals surface area (Å²) in [4.78, 5) is 13.9. The highest BCUT2D eigenvalue weighted by molar-refractivity contribution is 7.91. The Morgan fingerprint density at radius 1 is 1.32 bits per heavy atom. The normalized spacial score (nSPS) is 20.3. The minimum Gasteiger partial charge on any atom is -0.347 e. The molecule has 0 bridgehead atoms. The number of carbonyl (C=O) groups excluding carboxylic acids is 1. The fourth-order valence-corrected chi connectivity index (χ4v) is 4.79. The van der Waals surface area contributed by atoms with E-state index in [4.69, 9.17) is 0 Å². The number of sulfone groups is 1. The summed E-state index contributed by atoms with van der Waals surface area (Å²) in [6.07, 6.45) is 2.92. The van der Waals surface area contributed by atoms with Gasteiger partial charge in [-0.05, 0) is 23.9 Å². The van der Waals surface area contributed by atoms with Gasteiger partial charge >= 0.3 is 0 Å². The molecule has 1 aromatic carbocycles. The lowest BCUT2D eigenvalue weighted by atomic mass is 10.2. The molecule has 3 rings (SSSR count). The Kier molecular flexibility index (Phi) is 3.95. The van der Waals surface area contributed by atoms with Gasteiger partial charge in [0, 0.05) is 37.8 Å². The van der Waals surface area contributed by atoms with Crippen molar-refractivity contribution < 1.29 is 13.2 Å². The van der Waals surface area contributed by atoms with Gasteiger partial charge in [-0.25, -0.2) is 8.42 Å². The van der Waals surface area contributed by atoms with Crippen LogP contribution in [0.1, 0.15) is 12.8 Å². The smallest absolute Gasteiger partial charge is 0.224 e. The Morgan fingerprint density at radius 2 is 2.09 bits per heavy atom. The van der Waals surface area contributed by atoms with Crippen molar-refractivity contribution in [1.29, 1.82) is 0 Å². The fourth-order valence-electron chi connectivity index (χ4n) is 3.01. The van der Waals surface area contributed by atoms with Gasteiger partial charge < -0.3 is 9.47 Å². The molecule has 1 atom stereocenters. The average Bonchev–Trinajstić information content (AvgIpc) is 3.07. The number of hydrogen-bond donors (Lipinski definition) is 0. The number of aryl methyl sites for hydroxylation is 1. The van der Waals surface area contributed by atoms with Crippen LogP contribution < -0.4 is 0 Å². The van der Waals surface area contributed by atoms with Gasteiger partial charge in [0.05, 0.1) is 11.5 Å². The van der Waals surface area contributed by atoms with Crippen LogP contribution in [0.25, 0.3) is 10.9 Å². The van der Waals surface area contributed by atoms with Crippen molar-refractivity contribution in [1.82, 2.24) is 9.47 Å². The Labute approximate surface area is 130 Å². The lowest BCUT2D eigenvalue weighted by Gasteiger charge is -2.23. The molecule has 5 nitrogen and oxygen atoms in total. The van der Waals surface area contributed by atoms with Crippen LogP contribution in [0.15, 0.2) is 36.5 Å². The molecule has 22 heavy (non-hydrogen) atoms. The van der Waals surface area contributed by atoms with Crippen molar-refractivity contribution in [3.63, 3.8) is 0 Å². The lowest BCUT2D eigenvalue weighted by Crippen LogP contribution is -2.38. The van der Waals surface area contributed by atoms with Crippen LogP contribution in [-0.4, -0.2) is 48.4 Å². The number of aromatic nitrogens is 1. The molecule has 1 amide bonds. The van der Waals surface area contributed by atoms with Crippen LogP contribution in [0.3, 0.4) is 0 Å². The first-order valence-corrected chi connectivity index (χ1v) is 9.28. The van der Waals surface area contributed by atoms with Gasteiger partial charge in [0.2, 0.25) is 5.91 Å². The van der Waals surface area contributed by atoms with Crippen molar-refractivity contribution >= 4 is 26.6 Å². The fraction of sp³-hybridized carbons (Fsp3) is 0.438. The van der Waals surface area contributed by atoms with Crippen molar-refractivity contribution in [2.75, 3.05) is 18.6 Å². The standard InChI is InChI=1S/C16H20N2O3S/c1-17(14-8-11-22(20,21)12-14)16(19)7-10-18-9-6-13-4-2-3-5-15(13)18/h2-6,9,14H,7-8,10-12H2,1H3/t14-/m1/s1. The third-order valence-electron chi connectivity index (χ3n) is 4.40. The molecule has 1 saturated heterocycles. The highest BCUT2D eigenvalue weighted by Crippen LogP contribution is 2.18. The van der Waals surface area contributed by atoms with E-state index >= 15 is 0 Å². The zero-order valence-electron chi connectivity index (χ0n) is 12.6. The highest BCUT2D eigenvalue weighted by Gasteiger charge is 2.32. The summed E-state index contributed by atoms with van der Waals surface area (Å²) < 4.78 is 25.1. The molecule has 1 aliphatic heterocycles. The molecule has 0 radical (unpaired) electrons. The largest absolute Gasteiger partial charge is 0.347 e. The van der Waals surface area contributed by atoms with Gasteiger partial charge in [0.15, 0.2) is 9.84 Å². The molecule has 1 fully saturated rings. The van der Waals surface area contributed by atoms with Crippen LogP contribution in [0.4, 0.5) is 0 Å². The molecule has 0 aliphatic carbocycles. The first kappa shape index (κ1) is 15.1. The van der Waals surface area contributed by atoms with Gasteiger partial charge in [0.25, 0.3) is 0 Å². The molecule has 118 valence electrons. The van der Waals surface area contributed by atoms with E-state index < -0.39 is 9.84 Å². The number of hydrogen-bond acceptors (Lipinski definition) is 3. The molecule has 1 aromatic heterocycles. The molecule has 0 N–H and O–H groups in total. The van der Waals surface area contributed by atoms with E-state index in [9.17, 15) is 13.2 Å². The third-order valence-corrected chi connectivity index (χ3v) is 6.15. The minimum absolute atomic E-state index is 0.000110. The topological polar surface area (TPSA) is 59.4 Å². The number of nitrogens with zero attached hydrogens (tertiary/aromatic N) is 2. The summed E-state index contributed by atoms with van der Waals surface area (Å²) in [5.41, 5.74) is 1.11. The number of rotatable bonds is 4. The quantitative estimate of drug-likeness (QED) is 0.861. The molecule has 0 saturated carbocycles. The second-order valence-corrected chi connectivity index (χ2v) is 8.11. The van der Waals surface area contributed by atoms with Gasteiger partial charge in [-0.2, -0.15) is 0 Å². The first-order valence-electron chi connectivity index (χ1n) is 7.46. The molecular formula is C16H20N2O3S. The van der Waals surface area contributed by atoms with E-state index in [1.54, 1.807) is 11.9 Å². The molecule has 2 heterocycles. The maximum Gasteiger partial charge on any atom is 0.224 e. The first-order chi connectivity index (χ1) is 10.5. The second kappa shape index (κ2) is 5.76. The zero-order valence-corrected chi connectivity index (χ0v) is 13.4. The lowest BCUT2D eigenvalue weighted by molar-refractivity contribution is -0.131. The maximum atomic E-state index is 12.3. The summed E-state index contributed by atoms with van der Waals surface area (Å²) in [6, 6.07) is 9.92.